The van der Waals surface area contributed by atoms with Gasteiger partial charge in [0.15, 0.2) is 0 Å². The quantitative estimate of drug-likeness (QED) is 0.804. The Morgan fingerprint density at radius 2 is 2.00 bits per heavy atom. The molecule has 0 radical (unpaired) electrons. The molecule has 1 fully saturated rings. The Morgan fingerprint density at radius 1 is 1.31 bits per heavy atom. The summed E-state index contributed by atoms with van der Waals surface area (Å²) in [4.78, 5) is 2.45. The summed E-state index contributed by atoms with van der Waals surface area (Å²) >= 11 is 1.92. The second-order valence-corrected chi connectivity index (χ2v) is 6.62. The molecule has 16 heavy (non-hydrogen) atoms. The minimum Gasteiger partial charge on any atom is -0.327 e. The number of nitrogens with zero attached hydrogens (tertiary/aromatic N) is 1. The van der Waals surface area contributed by atoms with Gasteiger partial charge in [0.1, 0.15) is 0 Å². The molecule has 96 valence electrons. The van der Waals surface area contributed by atoms with Gasteiger partial charge in [0, 0.05) is 24.9 Å². The summed E-state index contributed by atoms with van der Waals surface area (Å²) in [6, 6.07) is 0.412. The highest BCUT2D eigenvalue weighted by molar-refractivity contribution is 7.98. The number of nitrogens with two attached hydrogens (primary N) is 1. The molecular weight excluding hydrogens is 216 g/mol. The molecule has 3 heteroatoms. The monoisotopic (exact) mass is 244 g/mol. The molecule has 0 aromatic rings. The van der Waals surface area contributed by atoms with Gasteiger partial charge in [-0.05, 0) is 43.9 Å². The average Bonchev–Trinajstić information content (AvgIpc) is 2.20. The molecule has 1 rings (SSSR count). The molecule has 0 aliphatic heterocycles. The van der Waals surface area contributed by atoms with Crippen LogP contribution in [0.4, 0.5) is 0 Å². The van der Waals surface area contributed by atoms with Crippen LogP contribution in [0.3, 0.4) is 0 Å². The molecular formula is C13H28N2S. The Balaban J connectivity index is 2.39. The third-order valence-corrected chi connectivity index (χ3v) is 4.52. The van der Waals surface area contributed by atoms with Crippen molar-refractivity contribution < 1.29 is 0 Å². The summed E-state index contributed by atoms with van der Waals surface area (Å²) < 4.78 is 0. The van der Waals surface area contributed by atoms with Crippen LogP contribution < -0.4 is 5.73 Å². The Labute approximate surface area is 105 Å². The Morgan fingerprint density at radius 3 is 2.56 bits per heavy atom. The molecule has 4 atom stereocenters. The smallest absolute Gasteiger partial charge is 0.00844 e. The molecule has 0 saturated heterocycles. The fourth-order valence-electron chi connectivity index (χ4n) is 2.98. The summed E-state index contributed by atoms with van der Waals surface area (Å²) in [5, 5.41) is 0. The number of rotatable bonds is 5. The average molecular weight is 244 g/mol. The maximum absolute atomic E-state index is 6.30. The number of hydrogen-bond acceptors (Lipinski definition) is 3. The van der Waals surface area contributed by atoms with Gasteiger partial charge in [-0.3, -0.25) is 0 Å². The van der Waals surface area contributed by atoms with Gasteiger partial charge in [0.2, 0.25) is 0 Å². The van der Waals surface area contributed by atoms with Crippen molar-refractivity contribution in [1.29, 1.82) is 0 Å². The first kappa shape index (κ1) is 14.3. The van der Waals surface area contributed by atoms with Crippen LogP contribution in [0.15, 0.2) is 0 Å². The van der Waals surface area contributed by atoms with Crippen molar-refractivity contribution in [2.75, 3.05) is 32.1 Å². The topological polar surface area (TPSA) is 29.3 Å². The minimum atomic E-state index is 0.412. The Bertz CT molecular complexity index is 186. The Hall–Kier alpha value is 0.270. The number of thioether (sulfide) groups is 1. The molecule has 1 aliphatic rings. The maximum atomic E-state index is 6.30. The highest BCUT2D eigenvalue weighted by Crippen LogP contribution is 2.33. The van der Waals surface area contributed by atoms with Gasteiger partial charge in [-0.15, -0.1) is 0 Å². The first-order valence-corrected chi connectivity index (χ1v) is 7.87. The van der Waals surface area contributed by atoms with Crippen molar-refractivity contribution in [1.82, 2.24) is 4.90 Å². The lowest BCUT2D eigenvalue weighted by atomic mass is 9.72. The molecule has 0 bridgehead atoms. The van der Waals surface area contributed by atoms with E-state index in [1.807, 2.05) is 11.8 Å². The molecule has 1 aliphatic carbocycles. The van der Waals surface area contributed by atoms with E-state index in [2.05, 4.69) is 32.1 Å². The van der Waals surface area contributed by atoms with Crippen molar-refractivity contribution in [3.05, 3.63) is 0 Å². The van der Waals surface area contributed by atoms with E-state index in [-0.39, 0.29) is 0 Å². The molecule has 0 aromatic carbocycles. The molecule has 0 aromatic heterocycles. The lowest BCUT2D eigenvalue weighted by Gasteiger charge is -2.39. The van der Waals surface area contributed by atoms with Crippen LogP contribution in [0, 0.1) is 17.8 Å². The third-order valence-electron chi connectivity index (χ3n) is 3.93. The molecule has 1 saturated carbocycles. The van der Waals surface area contributed by atoms with Crippen molar-refractivity contribution in [2.45, 2.75) is 32.7 Å². The fraction of sp³-hybridized carbons (Fsp3) is 1.00. The van der Waals surface area contributed by atoms with Crippen LogP contribution in [0.1, 0.15) is 26.7 Å². The first-order valence-electron chi connectivity index (χ1n) is 6.47. The highest BCUT2D eigenvalue weighted by atomic mass is 32.2. The van der Waals surface area contributed by atoms with Crippen LogP contribution in [-0.4, -0.2) is 43.1 Å². The van der Waals surface area contributed by atoms with Crippen LogP contribution in [-0.2, 0) is 0 Å². The van der Waals surface area contributed by atoms with Gasteiger partial charge in [-0.1, -0.05) is 13.8 Å². The minimum absolute atomic E-state index is 0.412. The van der Waals surface area contributed by atoms with Crippen molar-refractivity contribution in [2.24, 2.45) is 23.5 Å². The lowest BCUT2D eigenvalue weighted by molar-refractivity contribution is 0.133. The van der Waals surface area contributed by atoms with Crippen molar-refractivity contribution >= 4 is 11.8 Å². The Kier molecular flexibility index (Phi) is 6.16. The first-order chi connectivity index (χ1) is 7.54. The largest absolute Gasteiger partial charge is 0.327 e. The predicted octanol–water partition coefficient (Wildman–Crippen LogP) is 2.29. The van der Waals surface area contributed by atoms with E-state index in [9.17, 15) is 0 Å². The van der Waals surface area contributed by atoms with E-state index in [4.69, 9.17) is 5.73 Å². The van der Waals surface area contributed by atoms with Crippen molar-refractivity contribution in [3.8, 4) is 0 Å². The third kappa shape index (κ3) is 4.27. The zero-order valence-corrected chi connectivity index (χ0v) is 12.1. The van der Waals surface area contributed by atoms with Crippen LogP contribution >= 0.6 is 11.8 Å². The van der Waals surface area contributed by atoms with Gasteiger partial charge in [-0.2, -0.15) is 11.8 Å². The summed E-state index contributed by atoms with van der Waals surface area (Å²) in [6.07, 6.45) is 4.74. The zero-order valence-electron chi connectivity index (χ0n) is 11.3. The van der Waals surface area contributed by atoms with E-state index >= 15 is 0 Å². The highest BCUT2D eigenvalue weighted by Gasteiger charge is 2.32. The molecule has 0 spiro atoms. The molecule has 0 heterocycles. The van der Waals surface area contributed by atoms with E-state index in [1.54, 1.807) is 0 Å². The van der Waals surface area contributed by atoms with Gasteiger partial charge in [0.05, 0.1) is 0 Å². The van der Waals surface area contributed by atoms with Crippen LogP contribution in [0.5, 0.6) is 0 Å². The molecule has 0 amide bonds. The SMILES string of the molecule is CSCCN(C)CC1C(C)CC(C)CC1N. The summed E-state index contributed by atoms with van der Waals surface area (Å²) in [5.74, 6) is 3.53. The van der Waals surface area contributed by atoms with Crippen LogP contribution in [0.25, 0.3) is 0 Å². The van der Waals surface area contributed by atoms with Gasteiger partial charge in [-0.25, -0.2) is 0 Å². The maximum Gasteiger partial charge on any atom is 0.00844 e. The van der Waals surface area contributed by atoms with E-state index < -0.39 is 0 Å². The normalized spacial score (nSPS) is 35.6. The molecule has 2 N–H and O–H groups in total. The number of hydrogen-bond donors (Lipinski definition) is 1. The fourth-order valence-corrected chi connectivity index (χ4v) is 3.47. The van der Waals surface area contributed by atoms with E-state index in [0.717, 1.165) is 11.8 Å². The molecule has 2 nitrogen and oxygen atoms in total. The van der Waals surface area contributed by atoms with Gasteiger partial charge >= 0.3 is 0 Å². The van der Waals surface area contributed by atoms with E-state index in [0.29, 0.717) is 12.0 Å². The van der Waals surface area contributed by atoms with E-state index in [1.165, 1.54) is 31.7 Å². The van der Waals surface area contributed by atoms with Crippen molar-refractivity contribution in [3.63, 3.8) is 0 Å². The standard InChI is InChI=1S/C13H28N2S/c1-10-7-11(2)12(13(14)8-10)9-15(3)5-6-16-4/h10-13H,5-9,14H2,1-4H3. The lowest BCUT2D eigenvalue weighted by Crippen LogP contribution is -2.46. The predicted molar refractivity (Wildman–Crippen MR) is 74.9 cm³/mol. The van der Waals surface area contributed by atoms with Gasteiger partial charge in [0.25, 0.3) is 0 Å². The molecule has 4 unspecified atom stereocenters. The van der Waals surface area contributed by atoms with Gasteiger partial charge < -0.3 is 10.6 Å². The zero-order chi connectivity index (χ0) is 12.1. The summed E-state index contributed by atoms with van der Waals surface area (Å²) in [7, 11) is 2.23. The second kappa shape index (κ2) is 6.87. The summed E-state index contributed by atoms with van der Waals surface area (Å²) in [5.41, 5.74) is 6.30. The van der Waals surface area contributed by atoms with Crippen LogP contribution in [0.2, 0.25) is 0 Å². The second-order valence-electron chi connectivity index (χ2n) is 5.64. The summed E-state index contributed by atoms with van der Waals surface area (Å²) in [6.45, 7) is 7.08.